The molecule has 4 nitrogen and oxygen atoms in total. The molecule has 4 N–H and O–H groups in total. The van der Waals surface area contributed by atoms with Gasteiger partial charge in [0.2, 0.25) is 0 Å². The van der Waals surface area contributed by atoms with Crippen molar-refractivity contribution in [3.8, 4) is 0 Å². The largest absolute Gasteiger partial charge is 0.395 e. The molecule has 0 radical (unpaired) electrons. The van der Waals surface area contributed by atoms with Gasteiger partial charge in [0, 0.05) is 32.7 Å². The first-order valence-corrected chi connectivity index (χ1v) is 7.88. The van der Waals surface area contributed by atoms with Crippen LogP contribution in [0.5, 0.6) is 0 Å². The van der Waals surface area contributed by atoms with Crippen molar-refractivity contribution in [2.24, 2.45) is 0 Å². The molecule has 1 heterocycles. The van der Waals surface area contributed by atoms with E-state index in [2.05, 4.69) is 58.9 Å². The first kappa shape index (κ1) is 14.7. The first-order valence-electron chi connectivity index (χ1n) is 7.88. The number of nitrogens with two attached hydrogens (primary N) is 1. The predicted octanol–water partition coefficient (Wildman–Crippen LogP) is 2.60. The van der Waals surface area contributed by atoms with Crippen molar-refractivity contribution in [1.29, 1.82) is 0 Å². The normalized spacial score (nSPS) is 14.9. The van der Waals surface area contributed by atoms with Crippen LogP contribution >= 0.6 is 0 Å². The fraction of sp³-hybridized carbons (Fsp3) is 0.333. The Hall–Kier alpha value is -2.20. The number of nitrogens with zero attached hydrogens (tertiary/aromatic N) is 1. The van der Waals surface area contributed by atoms with Gasteiger partial charge in [0.1, 0.15) is 0 Å². The zero-order valence-corrected chi connectivity index (χ0v) is 13.1. The average molecular weight is 296 g/mol. The number of nitrogen functional groups attached to an aromatic ring is 1. The Labute approximate surface area is 132 Å². The smallest absolute Gasteiger partial charge is 0.0790 e. The van der Waals surface area contributed by atoms with Crippen molar-refractivity contribution < 1.29 is 0 Å². The van der Waals surface area contributed by atoms with Crippen molar-refractivity contribution in [2.75, 3.05) is 42.1 Å². The van der Waals surface area contributed by atoms with Crippen LogP contribution in [0.15, 0.2) is 42.5 Å². The Morgan fingerprint density at radius 2 is 1.82 bits per heavy atom. The summed E-state index contributed by atoms with van der Waals surface area (Å²) in [5, 5.41) is 6.89. The molecular formula is C18H24N4. The molecule has 116 valence electrons. The lowest BCUT2D eigenvalue weighted by Crippen LogP contribution is -2.43. The molecule has 4 heteroatoms. The summed E-state index contributed by atoms with van der Waals surface area (Å²) >= 11 is 0. The molecule has 22 heavy (non-hydrogen) atoms. The van der Waals surface area contributed by atoms with E-state index in [0.717, 1.165) is 49.8 Å². The highest BCUT2D eigenvalue weighted by Gasteiger charge is 2.16. The molecule has 0 amide bonds. The van der Waals surface area contributed by atoms with Crippen LogP contribution in [0, 0.1) is 6.92 Å². The molecule has 2 aromatic rings. The van der Waals surface area contributed by atoms with Gasteiger partial charge in [0.25, 0.3) is 0 Å². The van der Waals surface area contributed by atoms with Crippen molar-refractivity contribution in [2.45, 2.75) is 13.5 Å². The van der Waals surface area contributed by atoms with E-state index < -0.39 is 0 Å². The van der Waals surface area contributed by atoms with Crippen LogP contribution in [0.2, 0.25) is 0 Å². The second-order valence-electron chi connectivity index (χ2n) is 5.77. The van der Waals surface area contributed by atoms with Gasteiger partial charge < -0.3 is 21.3 Å². The molecule has 1 aliphatic heterocycles. The number of rotatable bonds is 4. The molecule has 0 aliphatic carbocycles. The summed E-state index contributed by atoms with van der Waals surface area (Å²) in [6.45, 7) is 6.93. The van der Waals surface area contributed by atoms with E-state index in [1.165, 1.54) is 11.1 Å². The summed E-state index contributed by atoms with van der Waals surface area (Å²) < 4.78 is 0. The lowest BCUT2D eigenvalue weighted by Gasteiger charge is -2.31. The lowest BCUT2D eigenvalue weighted by atomic mass is 10.1. The van der Waals surface area contributed by atoms with Gasteiger partial charge in [-0.05, 0) is 24.1 Å². The van der Waals surface area contributed by atoms with Crippen LogP contribution in [0.4, 0.5) is 17.1 Å². The van der Waals surface area contributed by atoms with E-state index >= 15 is 0 Å². The number of aryl methyl sites for hydroxylation is 1. The van der Waals surface area contributed by atoms with Crippen LogP contribution in [0.1, 0.15) is 11.1 Å². The minimum Gasteiger partial charge on any atom is -0.395 e. The number of benzene rings is 2. The molecule has 0 atom stereocenters. The van der Waals surface area contributed by atoms with E-state index in [1.807, 2.05) is 6.07 Å². The van der Waals surface area contributed by atoms with Gasteiger partial charge in [0.05, 0.1) is 17.1 Å². The summed E-state index contributed by atoms with van der Waals surface area (Å²) in [7, 11) is 0. The van der Waals surface area contributed by atoms with Gasteiger partial charge in [-0.25, -0.2) is 0 Å². The monoisotopic (exact) mass is 296 g/mol. The molecule has 2 aromatic carbocycles. The quantitative estimate of drug-likeness (QED) is 0.759. The van der Waals surface area contributed by atoms with E-state index in [9.17, 15) is 0 Å². The van der Waals surface area contributed by atoms with E-state index in [1.54, 1.807) is 0 Å². The second-order valence-corrected chi connectivity index (χ2v) is 5.77. The molecule has 0 spiro atoms. The molecule has 1 fully saturated rings. The van der Waals surface area contributed by atoms with E-state index in [-0.39, 0.29) is 0 Å². The lowest BCUT2D eigenvalue weighted by molar-refractivity contribution is 0.590. The summed E-state index contributed by atoms with van der Waals surface area (Å²) in [5.41, 5.74) is 12.0. The summed E-state index contributed by atoms with van der Waals surface area (Å²) in [4.78, 5) is 2.36. The molecule has 1 aliphatic rings. The van der Waals surface area contributed by atoms with Crippen molar-refractivity contribution in [3.05, 3.63) is 53.6 Å². The number of nitrogens with one attached hydrogen (secondary N) is 2. The summed E-state index contributed by atoms with van der Waals surface area (Å²) in [6.07, 6.45) is 0. The SMILES string of the molecule is Cc1ccc(N2CCNCC2)c(N)c1NCc1ccccc1. The Morgan fingerprint density at radius 3 is 2.55 bits per heavy atom. The maximum Gasteiger partial charge on any atom is 0.0790 e. The Bertz CT molecular complexity index is 618. The van der Waals surface area contributed by atoms with Crippen LogP contribution in [0.25, 0.3) is 0 Å². The fourth-order valence-electron chi connectivity index (χ4n) is 2.92. The number of piperazine rings is 1. The predicted molar refractivity (Wildman–Crippen MR) is 94.4 cm³/mol. The van der Waals surface area contributed by atoms with Gasteiger partial charge in [-0.3, -0.25) is 0 Å². The van der Waals surface area contributed by atoms with Crippen LogP contribution < -0.4 is 21.3 Å². The molecular weight excluding hydrogens is 272 g/mol. The summed E-state index contributed by atoms with van der Waals surface area (Å²) in [5.74, 6) is 0. The van der Waals surface area contributed by atoms with Crippen molar-refractivity contribution >= 4 is 17.1 Å². The standard InChI is InChI=1S/C18H24N4/c1-14-7-8-16(22-11-9-20-10-12-22)17(19)18(14)21-13-15-5-3-2-4-6-15/h2-8,20-21H,9-13,19H2,1H3. The molecule has 0 bridgehead atoms. The highest BCUT2D eigenvalue weighted by Crippen LogP contribution is 2.33. The van der Waals surface area contributed by atoms with E-state index in [0.29, 0.717) is 0 Å². The molecule has 1 saturated heterocycles. The highest BCUT2D eigenvalue weighted by atomic mass is 15.2. The molecule has 0 aromatic heterocycles. The molecule has 3 rings (SSSR count). The maximum absolute atomic E-state index is 6.45. The second kappa shape index (κ2) is 6.71. The Balaban J connectivity index is 1.80. The van der Waals surface area contributed by atoms with Crippen molar-refractivity contribution in [1.82, 2.24) is 5.32 Å². The minimum absolute atomic E-state index is 0.789. The third-order valence-electron chi connectivity index (χ3n) is 4.20. The zero-order valence-electron chi connectivity index (χ0n) is 13.1. The number of hydrogen-bond acceptors (Lipinski definition) is 4. The van der Waals surface area contributed by atoms with Crippen LogP contribution in [-0.2, 0) is 6.54 Å². The van der Waals surface area contributed by atoms with Gasteiger partial charge in [-0.2, -0.15) is 0 Å². The van der Waals surface area contributed by atoms with Gasteiger partial charge in [-0.1, -0.05) is 36.4 Å². The number of anilines is 3. The third kappa shape index (κ3) is 3.17. The topological polar surface area (TPSA) is 53.3 Å². The highest BCUT2D eigenvalue weighted by molar-refractivity contribution is 5.83. The first-order chi connectivity index (χ1) is 10.8. The van der Waals surface area contributed by atoms with Gasteiger partial charge in [0.15, 0.2) is 0 Å². The van der Waals surface area contributed by atoms with Gasteiger partial charge in [-0.15, -0.1) is 0 Å². The summed E-state index contributed by atoms with van der Waals surface area (Å²) in [6, 6.07) is 14.7. The number of hydrogen-bond donors (Lipinski definition) is 3. The fourth-order valence-corrected chi connectivity index (χ4v) is 2.92. The van der Waals surface area contributed by atoms with Crippen molar-refractivity contribution in [3.63, 3.8) is 0 Å². The Morgan fingerprint density at radius 1 is 1.09 bits per heavy atom. The maximum atomic E-state index is 6.45. The third-order valence-corrected chi connectivity index (χ3v) is 4.20. The minimum atomic E-state index is 0.789. The van der Waals surface area contributed by atoms with E-state index in [4.69, 9.17) is 5.73 Å². The molecule has 0 unspecified atom stereocenters. The van der Waals surface area contributed by atoms with Crippen LogP contribution in [-0.4, -0.2) is 26.2 Å². The zero-order chi connectivity index (χ0) is 15.4. The molecule has 0 saturated carbocycles. The van der Waals surface area contributed by atoms with Gasteiger partial charge >= 0.3 is 0 Å². The average Bonchev–Trinajstić information content (AvgIpc) is 2.56. The Kier molecular flexibility index (Phi) is 4.49. The van der Waals surface area contributed by atoms with Crippen LogP contribution in [0.3, 0.4) is 0 Å².